The Morgan fingerprint density at radius 1 is 0.968 bits per heavy atom. The van der Waals surface area contributed by atoms with Gasteiger partial charge < -0.3 is 9.84 Å². The summed E-state index contributed by atoms with van der Waals surface area (Å²) in [5.74, 6) is 0.695. The average Bonchev–Trinajstić information content (AvgIpc) is 3.14. The second-order valence-electron chi connectivity index (χ2n) is 6.93. The Bertz CT molecular complexity index is 1110. The fourth-order valence-electron chi connectivity index (χ4n) is 3.14. The SMILES string of the molecule is COc1ccc(CN=C2SC(=Cc3ccc(CO)cc3)C(=O)N2c2ccccc2)cc1. The second kappa shape index (κ2) is 9.64. The number of hydrogen-bond donors (Lipinski definition) is 1. The predicted molar refractivity (Wildman–Crippen MR) is 126 cm³/mol. The van der Waals surface area contributed by atoms with Crippen LogP contribution in [-0.4, -0.2) is 23.3 Å². The second-order valence-corrected chi connectivity index (χ2v) is 7.94. The molecule has 1 saturated heterocycles. The largest absolute Gasteiger partial charge is 0.497 e. The molecule has 0 aliphatic carbocycles. The summed E-state index contributed by atoms with van der Waals surface area (Å²) < 4.78 is 5.21. The Kier molecular flexibility index (Phi) is 6.50. The van der Waals surface area contributed by atoms with Gasteiger partial charge in [-0.3, -0.25) is 14.7 Å². The highest BCUT2D eigenvalue weighted by Crippen LogP contribution is 2.36. The van der Waals surface area contributed by atoms with Gasteiger partial charge in [0.2, 0.25) is 0 Å². The maximum atomic E-state index is 13.2. The lowest BCUT2D eigenvalue weighted by molar-refractivity contribution is -0.113. The van der Waals surface area contributed by atoms with Crippen molar-refractivity contribution in [3.8, 4) is 5.75 Å². The maximum absolute atomic E-state index is 13.2. The molecule has 31 heavy (non-hydrogen) atoms. The normalized spacial score (nSPS) is 16.3. The number of carbonyl (C=O) groups excluding carboxylic acids is 1. The van der Waals surface area contributed by atoms with E-state index in [0.717, 1.165) is 28.1 Å². The third kappa shape index (κ3) is 4.87. The fourth-order valence-corrected chi connectivity index (χ4v) is 4.12. The number of rotatable bonds is 6. The Labute approximate surface area is 185 Å². The van der Waals surface area contributed by atoms with E-state index in [1.807, 2.05) is 84.9 Å². The van der Waals surface area contributed by atoms with Crippen molar-refractivity contribution in [1.82, 2.24) is 0 Å². The number of benzene rings is 3. The molecule has 5 nitrogen and oxygen atoms in total. The lowest BCUT2D eigenvalue weighted by Gasteiger charge is -2.15. The molecule has 0 atom stereocenters. The summed E-state index contributed by atoms with van der Waals surface area (Å²) in [6.07, 6.45) is 1.86. The van der Waals surface area contributed by atoms with Gasteiger partial charge in [0.05, 0.1) is 30.9 Å². The number of para-hydroxylation sites is 1. The van der Waals surface area contributed by atoms with Crippen LogP contribution in [-0.2, 0) is 17.9 Å². The molecule has 1 amide bonds. The summed E-state index contributed by atoms with van der Waals surface area (Å²) in [6.45, 7) is 0.454. The van der Waals surface area contributed by atoms with Crippen molar-refractivity contribution >= 4 is 34.6 Å². The first kappa shape index (κ1) is 20.9. The number of aliphatic hydroxyl groups excluding tert-OH is 1. The topological polar surface area (TPSA) is 62.1 Å². The van der Waals surface area contributed by atoms with Crippen LogP contribution >= 0.6 is 11.8 Å². The van der Waals surface area contributed by atoms with E-state index in [1.54, 1.807) is 12.0 Å². The molecule has 3 aromatic rings. The standard InChI is InChI=1S/C25H22N2O3S/c1-30-22-13-11-19(12-14-22)16-26-25-27(21-5-3-2-4-6-21)24(29)23(31-25)15-18-7-9-20(17-28)10-8-18/h2-15,28H,16-17H2,1H3. The first-order valence-corrected chi connectivity index (χ1v) is 10.7. The van der Waals surface area contributed by atoms with E-state index in [1.165, 1.54) is 11.8 Å². The van der Waals surface area contributed by atoms with Crippen molar-refractivity contribution in [2.75, 3.05) is 12.0 Å². The summed E-state index contributed by atoms with van der Waals surface area (Å²) in [6, 6.07) is 24.8. The molecular weight excluding hydrogens is 408 g/mol. The third-order valence-electron chi connectivity index (χ3n) is 4.84. The monoisotopic (exact) mass is 430 g/mol. The quantitative estimate of drug-likeness (QED) is 0.567. The van der Waals surface area contributed by atoms with E-state index in [9.17, 15) is 9.90 Å². The van der Waals surface area contributed by atoms with Gasteiger partial charge in [-0.2, -0.15) is 0 Å². The van der Waals surface area contributed by atoms with E-state index in [2.05, 4.69) is 0 Å². The summed E-state index contributed by atoms with van der Waals surface area (Å²) in [7, 11) is 1.64. The lowest BCUT2D eigenvalue weighted by atomic mass is 10.1. The molecule has 3 aromatic carbocycles. The minimum atomic E-state index is -0.101. The molecule has 4 rings (SSSR count). The predicted octanol–water partition coefficient (Wildman–Crippen LogP) is 4.86. The molecule has 0 spiro atoms. The summed E-state index contributed by atoms with van der Waals surface area (Å²) in [5, 5.41) is 9.87. The van der Waals surface area contributed by atoms with Crippen LogP contribution in [0.15, 0.2) is 88.8 Å². The minimum Gasteiger partial charge on any atom is -0.497 e. The van der Waals surface area contributed by atoms with Gasteiger partial charge in [0, 0.05) is 0 Å². The fraction of sp³-hybridized carbons (Fsp3) is 0.120. The number of ether oxygens (including phenoxy) is 1. The van der Waals surface area contributed by atoms with E-state index in [4.69, 9.17) is 9.73 Å². The van der Waals surface area contributed by atoms with Crippen LogP contribution in [0.2, 0.25) is 0 Å². The molecule has 1 aliphatic rings. The first-order valence-electron chi connectivity index (χ1n) is 9.84. The first-order chi connectivity index (χ1) is 15.2. The molecule has 0 unspecified atom stereocenters. The summed E-state index contributed by atoms with van der Waals surface area (Å²) in [5.41, 5.74) is 3.55. The number of thioether (sulfide) groups is 1. The smallest absolute Gasteiger partial charge is 0.271 e. The number of nitrogens with zero attached hydrogens (tertiary/aromatic N) is 2. The Hall–Kier alpha value is -3.35. The van der Waals surface area contributed by atoms with Gasteiger partial charge >= 0.3 is 0 Å². The Balaban J connectivity index is 1.64. The zero-order chi connectivity index (χ0) is 21.6. The number of aliphatic imine (C=N–C) groups is 1. The molecule has 6 heteroatoms. The molecule has 1 heterocycles. The average molecular weight is 431 g/mol. The van der Waals surface area contributed by atoms with E-state index < -0.39 is 0 Å². The molecule has 0 radical (unpaired) electrons. The number of anilines is 1. The van der Waals surface area contributed by atoms with Gasteiger partial charge in [0.25, 0.3) is 5.91 Å². The number of amides is 1. The molecule has 156 valence electrons. The minimum absolute atomic E-state index is 0.00547. The van der Waals surface area contributed by atoms with Gasteiger partial charge in [-0.25, -0.2) is 0 Å². The summed E-state index contributed by atoms with van der Waals surface area (Å²) in [4.78, 5) is 20.2. The van der Waals surface area contributed by atoms with Crippen LogP contribution in [0.4, 0.5) is 5.69 Å². The van der Waals surface area contributed by atoms with Gasteiger partial charge in [-0.1, -0.05) is 54.6 Å². The Morgan fingerprint density at radius 2 is 1.65 bits per heavy atom. The van der Waals surface area contributed by atoms with Crippen LogP contribution in [0.3, 0.4) is 0 Å². The van der Waals surface area contributed by atoms with Crippen molar-refractivity contribution in [2.24, 2.45) is 4.99 Å². The number of aliphatic hydroxyl groups is 1. The highest BCUT2D eigenvalue weighted by atomic mass is 32.2. The molecule has 1 fully saturated rings. The van der Waals surface area contributed by atoms with E-state index in [0.29, 0.717) is 16.6 Å². The van der Waals surface area contributed by atoms with E-state index >= 15 is 0 Å². The number of methoxy groups -OCH3 is 1. The van der Waals surface area contributed by atoms with Crippen LogP contribution in [0.5, 0.6) is 5.75 Å². The molecule has 0 bridgehead atoms. The highest BCUT2D eigenvalue weighted by Gasteiger charge is 2.34. The van der Waals surface area contributed by atoms with Gasteiger partial charge in [0.15, 0.2) is 5.17 Å². The third-order valence-corrected chi connectivity index (χ3v) is 5.84. The zero-order valence-electron chi connectivity index (χ0n) is 17.1. The molecule has 1 N–H and O–H groups in total. The summed E-state index contributed by atoms with van der Waals surface area (Å²) >= 11 is 1.37. The van der Waals surface area contributed by atoms with Crippen molar-refractivity contribution < 1.29 is 14.6 Å². The number of amidine groups is 1. The number of carbonyl (C=O) groups is 1. The maximum Gasteiger partial charge on any atom is 0.271 e. The van der Waals surface area contributed by atoms with Crippen molar-refractivity contribution in [1.29, 1.82) is 0 Å². The Morgan fingerprint density at radius 3 is 2.29 bits per heavy atom. The van der Waals surface area contributed by atoms with Crippen molar-refractivity contribution in [3.05, 3.63) is 100 Å². The van der Waals surface area contributed by atoms with Gasteiger partial charge in [0.1, 0.15) is 5.75 Å². The van der Waals surface area contributed by atoms with Crippen LogP contribution in [0.25, 0.3) is 6.08 Å². The van der Waals surface area contributed by atoms with Crippen molar-refractivity contribution in [3.63, 3.8) is 0 Å². The van der Waals surface area contributed by atoms with Crippen molar-refractivity contribution in [2.45, 2.75) is 13.2 Å². The van der Waals surface area contributed by atoms with Gasteiger partial charge in [-0.05, 0) is 58.8 Å². The number of hydrogen-bond acceptors (Lipinski definition) is 5. The molecule has 1 aliphatic heterocycles. The lowest BCUT2D eigenvalue weighted by Crippen LogP contribution is -2.28. The molecule has 0 saturated carbocycles. The van der Waals surface area contributed by atoms with Crippen LogP contribution < -0.4 is 9.64 Å². The molecule has 0 aromatic heterocycles. The van der Waals surface area contributed by atoms with Crippen LogP contribution in [0.1, 0.15) is 16.7 Å². The molecular formula is C25H22N2O3S. The zero-order valence-corrected chi connectivity index (χ0v) is 17.9. The highest BCUT2D eigenvalue weighted by molar-refractivity contribution is 8.19. The van der Waals surface area contributed by atoms with E-state index in [-0.39, 0.29) is 12.5 Å². The van der Waals surface area contributed by atoms with Crippen LogP contribution in [0, 0.1) is 0 Å². The van der Waals surface area contributed by atoms with Gasteiger partial charge in [-0.15, -0.1) is 0 Å².